The minimum atomic E-state index is -1.96. The molecule has 0 radical (unpaired) electrons. The van der Waals surface area contributed by atoms with Crippen LogP contribution in [-0.4, -0.2) is 57.2 Å². The summed E-state index contributed by atoms with van der Waals surface area (Å²) in [5.74, 6) is -2.98. The van der Waals surface area contributed by atoms with Crippen LogP contribution in [0, 0.1) is 0 Å². The summed E-state index contributed by atoms with van der Waals surface area (Å²) in [7, 11) is 0. The number of aliphatic hydroxyl groups is 1. The van der Waals surface area contributed by atoms with Gasteiger partial charge in [0.05, 0.1) is 6.61 Å². The van der Waals surface area contributed by atoms with E-state index in [1.165, 1.54) is 0 Å². The lowest BCUT2D eigenvalue weighted by Gasteiger charge is -2.22. The summed E-state index contributed by atoms with van der Waals surface area (Å²) in [5.41, 5.74) is 1.79. The molecule has 2 aromatic carbocycles. The van der Waals surface area contributed by atoms with E-state index >= 15 is 0 Å². The summed E-state index contributed by atoms with van der Waals surface area (Å²) < 4.78 is 9.89. The minimum absolute atomic E-state index is 0.0360. The van der Waals surface area contributed by atoms with E-state index in [-0.39, 0.29) is 18.3 Å². The summed E-state index contributed by atoms with van der Waals surface area (Å²) >= 11 is 0. The minimum Gasteiger partial charge on any atom is -0.479 e. The zero-order valence-corrected chi connectivity index (χ0v) is 17.4. The fourth-order valence-corrected chi connectivity index (χ4v) is 3.62. The number of fused-ring (bicyclic) bond motifs is 3. The molecule has 0 fully saturated rings. The number of anilines is 1. The second-order valence-electron chi connectivity index (χ2n) is 7.66. The van der Waals surface area contributed by atoms with Gasteiger partial charge in [-0.1, -0.05) is 48.5 Å². The number of carbonyl (C=O) groups excluding carboxylic acids is 2. The number of rotatable bonds is 7. The Bertz CT molecular complexity index is 1180. The number of carboxylic acid groups (broad SMARTS) is 1. The van der Waals surface area contributed by atoms with Crippen molar-refractivity contribution in [2.45, 2.75) is 18.4 Å². The van der Waals surface area contributed by atoms with Crippen molar-refractivity contribution < 1.29 is 34.0 Å². The summed E-state index contributed by atoms with van der Waals surface area (Å²) in [4.78, 5) is 36.1. The molecule has 1 aliphatic carbocycles. The van der Waals surface area contributed by atoms with Crippen LogP contribution in [0.4, 0.5) is 10.6 Å². The molecule has 170 valence electrons. The number of aliphatic carboxylic acids is 1. The number of hydrogen-bond donors (Lipinski definition) is 4. The van der Waals surface area contributed by atoms with Gasteiger partial charge >= 0.3 is 12.1 Å². The number of hydrogen-bond acceptors (Lipinski definition) is 8. The average molecular weight is 452 g/mol. The number of amides is 2. The maximum atomic E-state index is 12.4. The van der Waals surface area contributed by atoms with Gasteiger partial charge in [0.25, 0.3) is 5.91 Å². The smallest absolute Gasteiger partial charge is 0.412 e. The molecule has 0 saturated carbocycles. The molecule has 3 aromatic rings. The summed E-state index contributed by atoms with van der Waals surface area (Å²) in [6.07, 6.45) is -0.898. The first-order valence-corrected chi connectivity index (χ1v) is 9.95. The van der Waals surface area contributed by atoms with E-state index in [1.807, 2.05) is 48.5 Å². The van der Waals surface area contributed by atoms with Crippen LogP contribution in [-0.2, 0) is 9.53 Å². The predicted molar refractivity (Wildman–Crippen MR) is 114 cm³/mol. The van der Waals surface area contributed by atoms with Gasteiger partial charge < -0.3 is 20.3 Å². The van der Waals surface area contributed by atoms with Gasteiger partial charge in [-0.05, 0) is 39.5 Å². The highest BCUT2D eigenvalue weighted by Gasteiger charge is 2.36. The molecule has 0 saturated heterocycles. The topological polar surface area (TPSA) is 164 Å². The number of ether oxygens (including phenoxy) is 1. The lowest BCUT2D eigenvalue weighted by Crippen LogP contribution is -2.55. The third kappa shape index (κ3) is 4.13. The molecule has 33 heavy (non-hydrogen) atoms. The van der Waals surface area contributed by atoms with Gasteiger partial charge in [-0.3, -0.25) is 10.1 Å². The first-order chi connectivity index (χ1) is 15.8. The van der Waals surface area contributed by atoms with Crippen LogP contribution in [0.25, 0.3) is 11.1 Å². The van der Waals surface area contributed by atoms with E-state index in [2.05, 4.69) is 25.6 Å². The number of benzene rings is 2. The second kappa shape index (κ2) is 8.71. The number of carbonyl (C=O) groups is 3. The van der Waals surface area contributed by atoms with Crippen molar-refractivity contribution in [3.05, 3.63) is 65.4 Å². The highest BCUT2D eigenvalue weighted by molar-refractivity contribution is 6.01. The largest absolute Gasteiger partial charge is 0.479 e. The number of aromatic nitrogens is 2. The van der Waals surface area contributed by atoms with Crippen molar-refractivity contribution in [1.29, 1.82) is 0 Å². The van der Waals surface area contributed by atoms with Crippen molar-refractivity contribution >= 4 is 23.8 Å². The number of nitrogens with zero attached hydrogens (tertiary/aromatic N) is 2. The van der Waals surface area contributed by atoms with Crippen molar-refractivity contribution in [2.75, 3.05) is 18.5 Å². The first kappa shape index (κ1) is 22.0. The quantitative estimate of drug-likeness (QED) is 0.420. The van der Waals surface area contributed by atoms with Crippen molar-refractivity contribution in [3.8, 4) is 11.1 Å². The van der Waals surface area contributed by atoms with Crippen LogP contribution in [0.2, 0.25) is 0 Å². The molecule has 1 atom stereocenters. The Kier molecular flexibility index (Phi) is 5.80. The summed E-state index contributed by atoms with van der Waals surface area (Å²) in [6.45, 7) is 0.280. The molecule has 1 heterocycles. The molecule has 0 aliphatic heterocycles. The predicted octanol–water partition coefficient (Wildman–Crippen LogP) is 2.00. The molecule has 4 rings (SSSR count). The fraction of sp³-hybridized carbons (Fsp3) is 0.227. The molecular weight excluding hydrogens is 432 g/mol. The van der Waals surface area contributed by atoms with Gasteiger partial charge in [0, 0.05) is 5.92 Å². The Labute approximate surface area is 187 Å². The van der Waals surface area contributed by atoms with Gasteiger partial charge in [0.15, 0.2) is 5.54 Å². The molecule has 1 unspecified atom stereocenters. The summed E-state index contributed by atoms with van der Waals surface area (Å²) in [5, 5.41) is 29.7. The van der Waals surface area contributed by atoms with Gasteiger partial charge in [-0.15, -0.1) is 0 Å². The first-order valence-electron chi connectivity index (χ1n) is 9.95. The highest BCUT2D eigenvalue weighted by Crippen LogP contribution is 2.44. The molecule has 11 heteroatoms. The van der Waals surface area contributed by atoms with Gasteiger partial charge in [0.1, 0.15) is 6.61 Å². The Morgan fingerprint density at radius 1 is 1.06 bits per heavy atom. The van der Waals surface area contributed by atoms with Crippen LogP contribution in [0.1, 0.15) is 34.5 Å². The van der Waals surface area contributed by atoms with Crippen LogP contribution in [0.15, 0.2) is 53.2 Å². The Morgan fingerprint density at radius 2 is 1.67 bits per heavy atom. The fourth-order valence-electron chi connectivity index (χ4n) is 3.62. The molecule has 1 aromatic heterocycles. The molecule has 1 aliphatic rings. The monoisotopic (exact) mass is 452 g/mol. The lowest BCUT2D eigenvalue weighted by atomic mass is 9.98. The lowest BCUT2D eigenvalue weighted by molar-refractivity contribution is -0.145. The van der Waals surface area contributed by atoms with E-state index in [4.69, 9.17) is 4.74 Å². The Balaban J connectivity index is 1.44. The molecule has 11 nitrogen and oxygen atoms in total. The third-order valence-electron chi connectivity index (χ3n) is 5.45. The average Bonchev–Trinajstić information content (AvgIpc) is 3.40. The van der Waals surface area contributed by atoms with Crippen LogP contribution >= 0.6 is 0 Å². The van der Waals surface area contributed by atoms with Crippen molar-refractivity contribution in [3.63, 3.8) is 0 Å². The van der Waals surface area contributed by atoms with E-state index in [9.17, 15) is 24.6 Å². The molecule has 0 spiro atoms. The normalized spacial score (nSPS) is 14.0. The molecule has 4 N–H and O–H groups in total. The molecule has 0 bridgehead atoms. The van der Waals surface area contributed by atoms with Gasteiger partial charge in [-0.25, -0.2) is 14.2 Å². The number of aliphatic hydroxyl groups excluding tert-OH is 1. The zero-order valence-electron chi connectivity index (χ0n) is 17.4. The van der Waals surface area contributed by atoms with Crippen molar-refractivity contribution in [1.82, 2.24) is 15.6 Å². The third-order valence-corrected chi connectivity index (χ3v) is 5.45. The number of nitrogens with one attached hydrogen (secondary N) is 2. The van der Waals surface area contributed by atoms with Gasteiger partial charge in [0.2, 0.25) is 11.5 Å². The standard InChI is InChI=1S/C22H20N4O7/c1-22(11-27,20(29)30)24-19(28)17-18(26-33-25-17)23-21(31)32-10-16-14-8-4-2-6-12(14)13-7-3-5-9-15(13)16/h2-9,16,27H,10-11H2,1H3,(H,24,28)(H,29,30)(H,23,26,31). The van der Waals surface area contributed by atoms with E-state index in [0.29, 0.717) is 0 Å². The van der Waals surface area contributed by atoms with Crippen molar-refractivity contribution in [2.24, 2.45) is 0 Å². The van der Waals surface area contributed by atoms with Crippen LogP contribution in [0.5, 0.6) is 0 Å². The number of carboxylic acids is 1. The van der Waals surface area contributed by atoms with Gasteiger partial charge in [-0.2, -0.15) is 0 Å². The molecular formula is C22H20N4O7. The highest BCUT2D eigenvalue weighted by atomic mass is 16.6. The van der Waals surface area contributed by atoms with E-state index in [0.717, 1.165) is 29.2 Å². The van der Waals surface area contributed by atoms with Crippen LogP contribution in [0.3, 0.4) is 0 Å². The van der Waals surface area contributed by atoms with E-state index in [1.54, 1.807) is 0 Å². The Hall–Kier alpha value is -4.25. The molecule has 2 amide bonds. The zero-order chi connectivity index (χ0) is 23.6. The maximum absolute atomic E-state index is 12.4. The second-order valence-corrected chi connectivity index (χ2v) is 7.66. The Morgan fingerprint density at radius 3 is 2.24 bits per heavy atom. The van der Waals surface area contributed by atoms with Crippen LogP contribution < -0.4 is 10.6 Å². The van der Waals surface area contributed by atoms with E-state index < -0.39 is 35.8 Å². The maximum Gasteiger partial charge on any atom is 0.412 e. The SMILES string of the molecule is CC(CO)(NC(=O)c1nonc1NC(=O)OCC1c2ccccc2-c2ccccc21)C(=O)O. The summed E-state index contributed by atoms with van der Waals surface area (Å²) in [6, 6.07) is 15.7.